The van der Waals surface area contributed by atoms with Gasteiger partial charge in [0.15, 0.2) is 0 Å². The molecule has 2 saturated carbocycles. The Hall–Kier alpha value is -2.47. The predicted molar refractivity (Wildman–Crippen MR) is 141 cm³/mol. The molecule has 1 heterocycles. The number of allylic oxidation sites excluding steroid dienone is 3. The average Bonchev–Trinajstić information content (AvgIpc) is 3.24. The third kappa shape index (κ3) is 4.53. The van der Waals surface area contributed by atoms with Crippen molar-refractivity contribution >= 4 is 17.4 Å². The Morgan fingerprint density at radius 1 is 1.08 bits per heavy atom. The van der Waals surface area contributed by atoms with Crippen molar-refractivity contribution in [3.05, 3.63) is 47.8 Å². The van der Waals surface area contributed by atoms with Gasteiger partial charge in [-0.25, -0.2) is 0 Å². The van der Waals surface area contributed by atoms with Crippen molar-refractivity contribution in [2.75, 3.05) is 19.6 Å². The van der Waals surface area contributed by atoms with Crippen LogP contribution in [-0.2, 0) is 14.3 Å². The van der Waals surface area contributed by atoms with Crippen LogP contribution in [0.15, 0.2) is 42.3 Å². The van der Waals surface area contributed by atoms with E-state index in [-0.39, 0.29) is 41.9 Å². The highest BCUT2D eigenvalue weighted by Crippen LogP contribution is 2.66. The molecule has 4 aliphatic rings. The highest BCUT2D eigenvalue weighted by atomic mass is 16.5. The van der Waals surface area contributed by atoms with E-state index in [1.165, 1.54) is 36.0 Å². The zero-order valence-corrected chi connectivity index (χ0v) is 22.0. The topological polar surface area (TPSA) is 80.3 Å². The van der Waals surface area contributed by atoms with Gasteiger partial charge in [-0.1, -0.05) is 44.6 Å². The van der Waals surface area contributed by atoms with Crippen LogP contribution >= 0.6 is 0 Å². The first kappa shape index (κ1) is 25.2. The fourth-order valence-electron chi connectivity index (χ4n) is 7.96. The van der Waals surface area contributed by atoms with E-state index in [1.807, 2.05) is 19.3 Å². The summed E-state index contributed by atoms with van der Waals surface area (Å²) in [6, 6.07) is 4.27. The Balaban J connectivity index is 1.22. The second kappa shape index (κ2) is 10.1. The van der Waals surface area contributed by atoms with Crippen LogP contribution in [0.3, 0.4) is 0 Å². The van der Waals surface area contributed by atoms with Gasteiger partial charge < -0.3 is 15.4 Å². The number of nitrogens with zero attached hydrogens (tertiary/aromatic N) is 1. The Kier molecular flexibility index (Phi) is 7.08. The normalized spacial score (nSPS) is 35.0. The fraction of sp³-hybridized carbons (Fsp3) is 0.633. The molecule has 6 heteroatoms. The molecule has 0 aromatic carbocycles. The largest absolute Gasteiger partial charge is 0.461 e. The second-order valence-corrected chi connectivity index (χ2v) is 11.7. The first-order valence-corrected chi connectivity index (χ1v) is 13.8. The lowest BCUT2D eigenvalue weighted by Gasteiger charge is -2.57. The molecule has 6 nitrogen and oxygen atoms in total. The van der Waals surface area contributed by atoms with Gasteiger partial charge >= 0.3 is 5.97 Å². The quantitative estimate of drug-likeness (QED) is 0.428. The number of likely N-dealkylation sites (N-methyl/N-ethyl adjacent to an activating group) is 1. The van der Waals surface area contributed by atoms with Gasteiger partial charge in [-0.15, -0.1) is 0 Å². The molecule has 0 spiro atoms. The smallest absolute Gasteiger partial charge is 0.325 e. The van der Waals surface area contributed by atoms with E-state index in [0.717, 1.165) is 32.2 Å². The molecular weight excluding hydrogens is 450 g/mol. The number of carbonyl (C=O) groups is 2. The third-order valence-electron chi connectivity index (χ3n) is 9.88. The number of esters is 1. The lowest BCUT2D eigenvalue weighted by molar-refractivity contribution is -0.151. The fourth-order valence-corrected chi connectivity index (χ4v) is 7.96. The second-order valence-electron chi connectivity index (χ2n) is 11.7. The number of nitrogens with one attached hydrogen (secondary N) is 2. The number of pyridine rings is 1. The van der Waals surface area contributed by atoms with Gasteiger partial charge in [0.05, 0.1) is 6.54 Å². The molecule has 36 heavy (non-hydrogen) atoms. The molecule has 1 aromatic heterocycles. The maximum Gasteiger partial charge on any atom is 0.325 e. The van der Waals surface area contributed by atoms with E-state index in [1.54, 1.807) is 0 Å². The molecule has 0 radical (unpaired) electrons. The molecule has 1 amide bonds. The Morgan fingerprint density at radius 2 is 1.92 bits per heavy atom. The SMILES string of the molecule is CCNCC(=O)NCC(=O)O[C@H]1CC[C@@]2(C)C(=CC[C@@H]3[C@@H]2CC[C@]2(C)C(c4cccnc4)=CC[C@@H]32)C1. The molecule has 2 N–H and O–H groups in total. The maximum absolute atomic E-state index is 12.4. The first-order chi connectivity index (χ1) is 17.3. The summed E-state index contributed by atoms with van der Waals surface area (Å²) < 4.78 is 5.80. The zero-order chi connectivity index (χ0) is 25.3. The van der Waals surface area contributed by atoms with Crippen molar-refractivity contribution in [1.29, 1.82) is 0 Å². The van der Waals surface area contributed by atoms with Crippen LogP contribution in [0.5, 0.6) is 0 Å². The standard InChI is InChI=1S/C30H41N3O3/c1-4-31-18-27(34)33-19-28(35)36-22-11-13-29(2)21(16-22)7-8-23-25-10-9-24(20-6-5-15-32-17-20)30(25,3)14-12-26(23)29/h5-7,9,15,17,22-23,25-26,31H,4,8,10-14,16,18-19H2,1-3H3,(H,33,34)/t22-,23-,25-,26-,29-,30+/m0/s1. The van der Waals surface area contributed by atoms with Crippen LogP contribution in [0.1, 0.15) is 71.3 Å². The lowest BCUT2D eigenvalue weighted by Crippen LogP contribution is -2.50. The minimum Gasteiger partial charge on any atom is -0.461 e. The van der Waals surface area contributed by atoms with Crippen LogP contribution in [0.25, 0.3) is 5.57 Å². The van der Waals surface area contributed by atoms with Crippen molar-refractivity contribution in [1.82, 2.24) is 15.6 Å². The lowest BCUT2D eigenvalue weighted by atomic mass is 9.47. The molecule has 0 aliphatic heterocycles. The Morgan fingerprint density at radius 3 is 2.69 bits per heavy atom. The van der Waals surface area contributed by atoms with Crippen LogP contribution in [0.2, 0.25) is 0 Å². The Labute approximate surface area is 215 Å². The highest BCUT2D eigenvalue weighted by Gasteiger charge is 2.57. The van der Waals surface area contributed by atoms with E-state index in [0.29, 0.717) is 17.8 Å². The maximum atomic E-state index is 12.4. The number of hydrogen-bond donors (Lipinski definition) is 2. The molecule has 0 saturated heterocycles. The number of aromatic nitrogens is 1. The number of ether oxygens (including phenoxy) is 1. The molecule has 2 fully saturated rings. The average molecular weight is 492 g/mol. The van der Waals surface area contributed by atoms with Gasteiger partial charge in [0, 0.05) is 18.8 Å². The number of carbonyl (C=O) groups excluding carboxylic acids is 2. The van der Waals surface area contributed by atoms with E-state index >= 15 is 0 Å². The first-order valence-electron chi connectivity index (χ1n) is 13.8. The van der Waals surface area contributed by atoms with Gasteiger partial charge in [0.25, 0.3) is 0 Å². The van der Waals surface area contributed by atoms with Gasteiger partial charge in [-0.3, -0.25) is 14.6 Å². The molecule has 0 bridgehead atoms. The molecule has 0 unspecified atom stereocenters. The highest BCUT2D eigenvalue weighted by molar-refractivity contribution is 5.83. The summed E-state index contributed by atoms with van der Waals surface area (Å²) in [5.41, 5.74) is 4.72. The number of fused-ring (bicyclic) bond motifs is 5. The Bertz CT molecular complexity index is 1050. The third-order valence-corrected chi connectivity index (χ3v) is 9.88. The summed E-state index contributed by atoms with van der Waals surface area (Å²) in [7, 11) is 0. The molecule has 5 rings (SSSR count). The van der Waals surface area contributed by atoms with Gasteiger partial charge in [-0.2, -0.15) is 0 Å². The van der Waals surface area contributed by atoms with Crippen LogP contribution in [0, 0.1) is 28.6 Å². The summed E-state index contributed by atoms with van der Waals surface area (Å²) >= 11 is 0. The van der Waals surface area contributed by atoms with Crippen molar-refractivity contribution in [2.45, 2.75) is 71.8 Å². The van der Waals surface area contributed by atoms with Crippen molar-refractivity contribution < 1.29 is 14.3 Å². The van der Waals surface area contributed by atoms with Crippen molar-refractivity contribution in [3.63, 3.8) is 0 Å². The van der Waals surface area contributed by atoms with E-state index in [4.69, 9.17) is 4.74 Å². The molecule has 194 valence electrons. The van der Waals surface area contributed by atoms with E-state index in [9.17, 15) is 9.59 Å². The monoisotopic (exact) mass is 491 g/mol. The number of hydrogen-bond acceptors (Lipinski definition) is 5. The summed E-state index contributed by atoms with van der Waals surface area (Å²) in [5, 5.41) is 5.61. The van der Waals surface area contributed by atoms with Crippen LogP contribution in [0.4, 0.5) is 0 Å². The van der Waals surface area contributed by atoms with E-state index < -0.39 is 0 Å². The number of amides is 1. The van der Waals surface area contributed by atoms with Crippen molar-refractivity contribution in [2.24, 2.45) is 28.6 Å². The van der Waals surface area contributed by atoms with Gasteiger partial charge in [0.1, 0.15) is 12.6 Å². The summed E-state index contributed by atoms with van der Waals surface area (Å²) in [6.07, 6.45) is 16.4. The van der Waals surface area contributed by atoms with E-state index in [2.05, 4.69) is 53.7 Å². The zero-order valence-electron chi connectivity index (χ0n) is 22.0. The van der Waals surface area contributed by atoms with Crippen molar-refractivity contribution in [3.8, 4) is 0 Å². The molecule has 1 aromatic rings. The van der Waals surface area contributed by atoms with Crippen LogP contribution in [-0.4, -0.2) is 42.6 Å². The summed E-state index contributed by atoms with van der Waals surface area (Å²) in [5.74, 6) is 1.57. The minimum atomic E-state index is -0.337. The number of rotatable bonds is 7. The minimum absolute atomic E-state index is 0.0612. The molecule has 4 aliphatic carbocycles. The summed E-state index contributed by atoms with van der Waals surface area (Å²) in [6.45, 7) is 7.79. The van der Waals surface area contributed by atoms with Gasteiger partial charge in [0.2, 0.25) is 5.91 Å². The van der Waals surface area contributed by atoms with Gasteiger partial charge in [-0.05, 0) is 90.9 Å². The molecular formula is C30H41N3O3. The predicted octanol–water partition coefficient (Wildman–Crippen LogP) is 4.68. The molecule has 6 atom stereocenters. The van der Waals surface area contributed by atoms with Crippen LogP contribution < -0.4 is 10.6 Å². The summed E-state index contributed by atoms with van der Waals surface area (Å²) in [4.78, 5) is 28.5.